The van der Waals surface area contributed by atoms with Crippen molar-refractivity contribution in [3.05, 3.63) is 42.4 Å². The number of fused-ring (bicyclic) bond motifs is 1. The summed E-state index contributed by atoms with van der Waals surface area (Å²) in [6.07, 6.45) is 3.24. The van der Waals surface area contributed by atoms with Gasteiger partial charge in [-0.15, -0.1) is 0 Å². The Morgan fingerprint density at radius 2 is 1.96 bits per heavy atom. The fraction of sp³-hybridized carbons (Fsp3) is 0.333. The molecule has 1 unspecified atom stereocenters. The van der Waals surface area contributed by atoms with Crippen molar-refractivity contribution in [2.24, 2.45) is 7.05 Å². The van der Waals surface area contributed by atoms with Crippen LogP contribution < -0.4 is 5.32 Å². The minimum absolute atomic E-state index is 0.0475. The quantitative estimate of drug-likeness (QED) is 0.559. The number of aryl methyl sites for hydroxylation is 1. The molecule has 0 fully saturated rings. The molecule has 1 atom stereocenters. The van der Waals surface area contributed by atoms with Gasteiger partial charge in [-0.1, -0.05) is 43.8 Å². The molecule has 0 spiro atoms. The summed E-state index contributed by atoms with van der Waals surface area (Å²) in [4.78, 5) is 21.2. The van der Waals surface area contributed by atoms with Crippen molar-refractivity contribution in [3.63, 3.8) is 0 Å². The predicted molar refractivity (Wildman–Crippen MR) is 101 cm³/mol. The van der Waals surface area contributed by atoms with Crippen molar-refractivity contribution in [1.82, 2.24) is 19.7 Å². The van der Waals surface area contributed by atoms with Crippen LogP contribution in [0.5, 0.6) is 0 Å². The number of benzene rings is 1. The maximum Gasteiger partial charge on any atom is 0.237 e. The van der Waals surface area contributed by atoms with Gasteiger partial charge in [-0.05, 0) is 24.5 Å². The average Bonchev–Trinajstić information content (AvgIpc) is 2.97. The van der Waals surface area contributed by atoms with E-state index in [1.807, 2.05) is 38.2 Å². The van der Waals surface area contributed by atoms with Crippen molar-refractivity contribution in [2.45, 2.75) is 37.0 Å². The van der Waals surface area contributed by atoms with E-state index in [0.29, 0.717) is 5.92 Å². The number of nitrogens with zero attached hydrogens (tertiary/aromatic N) is 4. The zero-order valence-electron chi connectivity index (χ0n) is 14.7. The van der Waals surface area contributed by atoms with Crippen molar-refractivity contribution < 1.29 is 4.79 Å². The summed E-state index contributed by atoms with van der Waals surface area (Å²) in [6.45, 7) is 6.11. The summed E-state index contributed by atoms with van der Waals surface area (Å²) in [5, 5.41) is 8.58. The number of carbonyl (C=O) groups is 1. The van der Waals surface area contributed by atoms with E-state index in [-0.39, 0.29) is 11.2 Å². The van der Waals surface area contributed by atoms with Gasteiger partial charge in [0, 0.05) is 12.7 Å². The number of nitrogens with one attached hydrogen (secondary N) is 1. The van der Waals surface area contributed by atoms with Crippen LogP contribution in [0, 0.1) is 0 Å². The molecule has 2 heterocycles. The summed E-state index contributed by atoms with van der Waals surface area (Å²) in [6, 6.07) is 7.91. The number of thioether (sulfide) groups is 1. The normalized spacial score (nSPS) is 12.5. The minimum Gasteiger partial charge on any atom is -0.325 e. The molecule has 6 nitrogen and oxygen atoms in total. The first-order chi connectivity index (χ1) is 12.0. The molecule has 0 saturated carbocycles. The first kappa shape index (κ1) is 17.4. The van der Waals surface area contributed by atoms with Gasteiger partial charge in [0.15, 0.2) is 5.65 Å². The van der Waals surface area contributed by atoms with Crippen molar-refractivity contribution in [1.29, 1.82) is 0 Å². The Hall–Kier alpha value is -2.41. The van der Waals surface area contributed by atoms with Gasteiger partial charge in [0.1, 0.15) is 11.4 Å². The molecular formula is C18H21N5OS. The lowest BCUT2D eigenvalue weighted by Gasteiger charge is -2.16. The molecule has 0 aliphatic carbocycles. The number of para-hydroxylation sites is 1. The molecule has 7 heteroatoms. The van der Waals surface area contributed by atoms with Crippen LogP contribution in [0.3, 0.4) is 0 Å². The molecule has 1 aromatic carbocycles. The second-order valence-corrected chi connectivity index (χ2v) is 7.51. The number of hydrogen-bond acceptors (Lipinski definition) is 5. The maximum absolute atomic E-state index is 12.6. The molecule has 3 rings (SSSR count). The molecule has 0 saturated heterocycles. The molecule has 3 aromatic rings. The van der Waals surface area contributed by atoms with E-state index in [1.165, 1.54) is 18.1 Å². The molecule has 0 aliphatic rings. The van der Waals surface area contributed by atoms with Crippen LogP contribution in [0.4, 0.5) is 5.69 Å². The van der Waals surface area contributed by atoms with E-state index in [2.05, 4.69) is 34.2 Å². The third-order valence-corrected chi connectivity index (χ3v) is 5.11. The number of aromatic nitrogens is 4. The van der Waals surface area contributed by atoms with E-state index >= 15 is 0 Å². The van der Waals surface area contributed by atoms with E-state index in [9.17, 15) is 4.79 Å². The molecule has 0 bridgehead atoms. The third kappa shape index (κ3) is 3.66. The van der Waals surface area contributed by atoms with Gasteiger partial charge >= 0.3 is 0 Å². The van der Waals surface area contributed by atoms with Gasteiger partial charge in [-0.2, -0.15) is 5.10 Å². The fourth-order valence-electron chi connectivity index (χ4n) is 2.60. The summed E-state index contributed by atoms with van der Waals surface area (Å²) in [5.41, 5.74) is 2.75. The average molecular weight is 355 g/mol. The predicted octanol–water partition coefficient (Wildman–Crippen LogP) is 3.61. The molecule has 0 radical (unpaired) electrons. The number of carbonyl (C=O) groups excluding carboxylic acids is 1. The maximum atomic E-state index is 12.6. The van der Waals surface area contributed by atoms with E-state index in [1.54, 1.807) is 10.9 Å². The standard InChI is InChI=1S/C18H21N5OS/c1-11(2)13-7-5-6-8-15(13)22-17(24)12(3)25-18-14-9-21-23(4)16(14)19-10-20-18/h5-12H,1-4H3,(H,22,24). The molecule has 1 N–H and O–H groups in total. The van der Waals surface area contributed by atoms with E-state index in [0.717, 1.165) is 27.3 Å². The van der Waals surface area contributed by atoms with Gasteiger partial charge in [-0.25, -0.2) is 9.97 Å². The Morgan fingerprint density at radius 3 is 2.72 bits per heavy atom. The molecule has 25 heavy (non-hydrogen) atoms. The summed E-state index contributed by atoms with van der Waals surface area (Å²) in [5.74, 6) is 0.296. The second kappa shape index (κ2) is 7.23. The third-order valence-electron chi connectivity index (χ3n) is 3.99. The molecule has 1 amide bonds. The summed E-state index contributed by atoms with van der Waals surface area (Å²) in [7, 11) is 1.84. The van der Waals surface area contributed by atoms with Crippen molar-refractivity contribution >= 4 is 34.4 Å². The topological polar surface area (TPSA) is 72.7 Å². The first-order valence-electron chi connectivity index (χ1n) is 8.16. The SMILES string of the molecule is CC(Sc1ncnc2c1cnn2C)C(=O)Nc1ccccc1C(C)C. The van der Waals surface area contributed by atoms with Crippen LogP contribution in [0.1, 0.15) is 32.3 Å². The van der Waals surface area contributed by atoms with Crippen molar-refractivity contribution in [3.8, 4) is 0 Å². The monoisotopic (exact) mass is 355 g/mol. The van der Waals surface area contributed by atoms with Gasteiger partial charge in [-0.3, -0.25) is 9.48 Å². The number of amides is 1. The summed E-state index contributed by atoms with van der Waals surface area (Å²) < 4.78 is 1.70. The zero-order chi connectivity index (χ0) is 18.0. The highest BCUT2D eigenvalue weighted by atomic mass is 32.2. The fourth-order valence-corrected chi connectivity index (χ4v) is 3.48. The lowest BCUT2D eigenvalue weighted by atomic mass is 10.0. The van der Waals surface area contributed by atoms with Gasteiger partial charge in [0.05, 0.1) is 16.8 Å². The lowest BCUT2D eigenvalue weighted by molar-refractivity contribution is -0.115. The minimum atomic E-state index is -0.293. The molecular weight excluding hydrogens is 334 g/mol. The smallest absolute Gasteiger partial charge is 0.237 e. The van der Waals surface area contributed by atoms with Crippen LogP contribution in [0.15, 0.2) is 41.8 Å². The van der Waals surface area contributed by atoms with E-state index < -0.39 is 0 Å². The highest BCUT2D eigenvalue weighted by molar-refractivity contribution is 8.00. The van der Waals surface area contributed by atoms with Crippen LogP contribution in [0.2, 0.25) is 0 Å². The van der Waals surface area contributed by atoms with Crippen LogP contribution in [0.25, 0.3) is 11.0 Å². The van der Waals surface area contributed by atoms with Crippen LogP contribution in [-0.4, -0.2) is 30.9 Å². The Balaban J connectivity index is 1.77. The Bertz CT molecular complexity index is 905. The van der Waals surface area contributed by atoms with Crippen LogP contribution in [-0.2, 0) is 11.8 Å². The Kier molecular flexibility index (Phi) is 5.03. The molecule has 0 aliphatic heterocycles. The molecule has 2 aromatic heterocycles. The van der Waals surface area contributed by atoms with Gasteiger partial charge < -0.3 is 5.32 Å². The highest BCUT2D eigenvalue weighted by Crippen LogP contribution is 2.29. The summed E-state index contributed by atoms with van der Waals surface area (Å²) >= 11 is 1.41. The number of hydrogen-bond donors (Lipinski definition) is 1. The van der Waals surface area contributed by atoms with Crippen molar-refractivity contribution in [2.75, 3.05) is 5.32 Å². The largest absolute Gasteiger partial charge is 0.325 e. The highest BCUT2D eigenvalue weighted by Gasteiger charge is 2.19. The first-order valence-corrected chi connectivity index (χ1v) is 9.04. The number of rotatable bonds is 5. The van der Waals surface area contributed by atoms with Crippen LogP contribution >= 0.6 is 11.8 Å². The number of anilines is 1. The molecule has 130 valence electrons. The lowest BCUT2D eigenvalue weighted by Crippen LogP contribution is -2.23. The Labute approximate surface area is 151 Å². The van der Waals surface area contributed by atoms with E-state index in [4.69, 9.17) is 0 Å². The Morgan fingerprint density at radius 1 is 1.20 bits per heavy atom. The van der Waals surface area contributed by atoms with Gasteiger partial charge in [0.25, 0.3) is 0 Å². The zero-order valence-corrected chi connectivity index (χ0v) is 15.5. The van der Waals surface area contributed by atoms with Gasteiger partial charge in [0.2, 0.25) is 5.91 Å². The second-order valence-electron chi connectivity index (χ2n) is 6.18.